The SMILES string of the molecule is CCCCN(CCCO)C(=O)Nc1ccc2c(c1)N(C)CC2. The Hall–Kier alpha value is -1.75. The largest absolute Gasteiger partial charge is 0.396 e. The molecule has 1 aromatic rings. The molecular formula is C17H27N3O2. The van der Waals surface area contributed by atoms with E-state index in [1.807, 2.05) is 12.1 Å². The van der Waals surface area contributed by atoms with Gasteiger partial charge in [-0.15, -0.1) is 0 Å². The molecule has 0 saturated heterocycles. The Morgan fingerprint density at radius 2 is 2.14 bits per heavy atom. The maximum absolute atomic E-state index is 12.4. The number of hydrogen-bond donors (Lipinski definition) is 2. The molecule has 2 amide bonds. The van der Waals surface area contributed by atoms with Crippen LogP contribution in [-0.2, 0) is 6.42 Å². The Kier molecular flexibility index (Phi) is 6.07. The Labute approximate surface area is 132 Å². The van der Waals surface area contributed by atoms with Gasteiger partial charge in [-0.05, 0) is 37.0 Å². The number of rotatable bonds is 7. The van der Waals surface area contributed by atoms with Gasteiger partial charge in [0.25, 0.3) is 0 Å². The van der Waals surface area contributed by atoms with Crippen LogP contribution in [-0.4, -0.2) is 49.3 Å². The summed E-state index contributed by atoms with van der Waals surface area (Å²) in [6.07, 6.45) is 3.71. The number of likely N-dealkylation sites (N-methyl/N-ethyl adjacent to an activating group) is 1. The average Bonchev–Trinajstić information content (AvgIpc) is 2.88. The van der Waals surface area contributed by atoms with Crippen molar-refractivity contribution < 1.29 is 9.90 Å². The Balaban J connectivity index is 2.01. The molecule has 0 atom stereocenters. The van der Waals surface area contributed by atoms with Gasteiger partial charge in [-0.3, -0.25) is 0 Å². The molecule has 1 aliphatic heterocycles. The van der Waals surface area contributed by atoms with Crippen molar-refractivity contribution in [1.29, 1.82) is 0 Å². The summed E-state index contributed by atoms with van der Waals surface area (Å²) in [6, 6.07) is 6.03. The highest BCUT2D eigenvalue weighted by molar-refractivity contribution is 5.90. The number of fused-ring (bicyclic) bond motifs is 1. The summed E-state index contributed by atoms with van der Waals surface area (Å²) in [4.78, 5) is 16.4. The molecule has 0 saturated carbocycles. The van der Waals surface area contributed by atoms with E-state index < -0.39 is 0 Å². The zero-order chi connectivity index (χ0) is 15.9. The second kappa shape index (κ2) is 8.03. The molecule has 22 heavy (non-hydrogen) atoms. The molecular weight excluding hydrogens is 278 g/mol. The van der Waals surface area contributed by atoms with E-state index in [2.05, 4.69) is 30.3 Å². The smallest absolute Gasteiger partial charge is 0.321 e. The van der Waals surface area contributed by atoms with E-state index in [1.54, 1.807) is 4.90 Å². The molecule has 0 aromatic heterocycles. The van der Waals surface area contributed by atoms with Crippen LogP contribution in [0.2, 0.25) is 0 Å². The van der Waals surface area contributed by atoms with E-state index in [-0.39, 0.29) is 12.6 Å². The summed E-state index contributed by atoms with van der Waals surface area (Å²) < 4.78 is 0. The zero-order valence-electron chi connectivity index (χ0n) is 13.6. The van der Waals surface area contributed by atoms with Gasteiger partial charge >= 0.3 is 6.03 Å². The lowest BCUT2D eigenvalue weighted by atomic mass is 10.1. The lowest BCUT2D eigenvalue weighted by Crippen LogP contribution is -2.36. The highest BCUT2D eigenvalue weighted by Crippen LogP contribution is 2.29. The predicted octanol–water partition coefficient (Wildman–Crippen LogP) is 2.70. The predicted molar refractivity (Wildman–Crippen MR) is 90.6 cm³/mol. The number of carbonyl (C=O) groups is 1. The fraction of sp³-hybridized carbons (Fsp3) is 0.588. The Morgan fingerprint density at radius 3 is 2.86 bits per heavy atom. The Morgan fingerprint density at radius 1 is 1.36 bits per heavy atom. The van der Waals surface area contributed by atoms with E-state index in [0.29, 0.717) is 13.0 Å². The second-order valence-electron chi connectivity index (χ2n) is 5.86. The number of unbranched alkanes of at least 4 members (excludes halogenated alkanes) is 1. The van der Waals surface area contributed by atoms with Crippen molar-refractivity contribution in [3.63, 3.8) is 0 Å². The van der Waals surface area contributed by atoms with Gasteiger partial charge in [0.15, 0.2) is 0 Å². The molecule has 122 valence electrons. The van der Waals surface area contributed by atoms with Crippen molar-refractivity contribution in [2.24, 2.45) is 0 Å². The maximum atomic E-state index is 12.4. The second-order valence-corrected chi connectivity index (χ2v) is 5.86. The van der Waals surface area contributed by atoms with Gasteiger partial charge in [0.1, 0.15) is 0 Å². The topological polar surface area (TPSA) is 55.8 Å². The highest BCUT2D eigenvalue weighted by atomic mass is 16.3. The van der Waals surface area contributed by atoms with Gasteiger partial charge < -0.3 is 20.2 Å². The molecule has 2 rings (SSSR count). The van der Waals surface area contributed by atoms with Crippen LogP contribution in [0, 0.1) is 0 Å². The number of aliphatic hydroxyl groups excluding tert-OH is 1. The van der Waals surface area contributed by atoms with Crippen molar-refractivity contribution in [2.45, 2.75) is 32.6 Å². The molecule has 1 heterocycles. The summed E-state index contributed by atoms with van der Waals surface area (Å²) in [5, 5.41) is 12.0. The third-order valence-corrected chi connectivity index (χ3v) is 4.12. The van der Waals surface area contributed by atoms with Crippen molar-refractivity contribution in [3.05, 3.63) is 23.8 Å². The zero-order valence-corrected chi connectivity index (χ0v) is 13.6. The first-order chi connectivity index (χ1) is 10.7. The quantitative estimate of drug-likeness (QED) is 0.814. The van der Waals surface area contributed by atoms with E-state index >= 15 is 0 Å². The summed E-state index contributed by atoms with van der Waals surface area (Å²) >= 11 is 0. The number of anilines is 2. The van der Waals surface area contributed by atoms with Crippen LogP contribution in [0.5, 0.6) is 0 Å². The van der Waals surface area contributed by atoms with Crippen LogP contribution >= 0.6 is 0 Å². The van der Waals surface area contributed by atoms with Crippen molar-refractivity contribution in [1.82, 2.24) is 4.90 Å². The third-order valence-electron chi connectivity index (χ3n) is 4.12. The van der Waals surface area contributed by atoms with Crippen LogP contribution in [0.25, 0.3) is 0 Å². The van der Waals surface area contributed by atoms with Crippen molar-refractivity contribution in [3.8, 4) is 0 Å². The molecule has 1 aliphatic rings. The number of benzene rings is 1. The summed E-state index contributed by atoms with van der Waals surface area (Å²) in [7, 11) is 2.08. The van der Waals surface area contributed by atoms with Gasteiger partial charge in [0.05, 0.1) is 0 Å². The highest BCUT2D eigenvalue weighted by Gasteiger charge is 2.17. The first-order valence-electron chi connectivity index (χ1n) is 8.16. The normalized spacial score (nSPS) is 13.1. The molecule has 5 heteroatoms. The number of carbonyl (C=O) groups excluding carboxylic acids is 1. The maximum Gasteiger partial charge on any atom is 0.321 e. The Bertz CT molecular complexity index is 497. The summed E-state index contributed by atoms with van der Waals surface area (Å²) in [5.74, 6) is 0. The molecule has 0 radical (unpaired) electrons. The van der Waals surface area contributed by atoms with Crippen LogP contribution in [0.3, 0.4) is 0 Å². The van der Waals surface area contributed by atoms with Gasteiger partial charge in [-0.25, -0.2) is 4.79 Å². The van der Waals surface area contributed by atoms with Crippen LogP contribution < -0.4 is 10.2 Å². The standard InChI is InChI=1S/C17H27N3O2/c1-3-4-9-20(10-5-12-21)17(22)18-15-7-6-14-8-11-19(2)16(14)13-15/h6-7,13,21H,3-5,8-12H2,1-2H3,(H,18,22). The summed E-state index contributed by atoms with van der Waals surface area (Å²) in [6.45, 7) is 4.57. The molecule has 0 fully saturated rings. The number of aliphatic hydroxyl groups is 1. The lowest BCUT2D eigenvalue weighted by molar-refractivity contribution is 0.201. The van der Waals surface area contributed by atoms with Gasteiger partial charge in [-0.2, -0.15) is 0 Å². The molecule has 0 bridgehead atoms. The van der Waals surface area contributed by atoms with Gasteiger partial charge in [-0.1, -0.05) is 19.4 Å². The van der Waals surface area contributed by atoms with Crippen LogP contribution in [0.15, 0.2) is 18.2 Å². The van der Waals surface area contributed by atoms with Crippen LogP contribution in [0.1, 0.15) is 31.7 Å². The molecule has 5 nitrogen and oxygen atoms in total. The minimum Gasteiger partial charge on any atom is -0.396 e. The first-order valence-corrected chi connectivity index (χ1v) is 8.16. The monoisotopic (exact) mass is 305 g/mol. The van der Waals surface area contributed by atoms with Crippen LogP contribution in [0.4, 0.5) is 16.2 Å². The average molecular weight is 305 g/mol. The van der Waals surface area contributed by atoms with Crippen molar-refractivity contribution in [2.75, 3.05) is 43.5 Å². The number of amides is 2. The number of nitrogens with one attached hydrogen (secondary N) is 1. The van der Waals surface area contributed by atoms with Crippen molar-refractivity contribution >= 4 is 17.4 Å². The number of urea groups is 1. The van der Waals surface area contributed by atoms with Gasteiger partial charge in [0.2, 0.25) is 0 Å². The molecule has 0 spiro atoms. The third kappa shape index (κ3) is 4.13. The first kappa shape index (κ1) is 16.6. The van der Waals surface area contributed by atoms with E-state index in [1.165, 1.54) is 11.3 Å². The van der Waals surface area contributed by atoms with E-state index in [0.717, 1.165) is 38.0 Å². The molecule has 0 aliphatic carbocycles. The molecule has 1 aromatic carbocycles. The molecule has 0 unspecified atom stereocenters. The summed E-state index contributed by atoms with van der Waals surface area (Å²) in [5.41, 5.74) is 3.37. The number of hydrogen-bond acceptors (Lipinski definition) is 3. The fourth-order valence-electron chi connectivity index (χ4n) is 2.74. The molecule has 2 N–H and O–H groups in total. The van der Waals surface area contributed by atoms with E-state index in [4.69, 9.17) is 5.11 Å². The minimum atomic E-state index is -0.0810. The van der Waals surface area contributed by atoms with E-state index in [9.17, 15) is 4.79 Å². The van der Waals surface area contributed by atoms with Gasteiger partial charge in [0, 0.05) is 44.7 Å². The fourth-order valence-corrected chi connectivity index (χ4v) is 2.74. The number of nitrogens with zero attached hydrogens (tertiary/aromatic N) is 2. The lowest BCUT2D eigenvalue weighted by Gasteiger charge is -2.23. The minimum absolute atomic E-state index is 0.0810.